The topological polar surface area (TPSA) is 29.5 Å². The lowest BCUT2D eigenvalue weighted by Gasteiger charge is -2.40. The van der Waals surface area contributed by atoms with Crippen LogP contribution in [0.15, 0.2) is 35.4 Å². The molecular formula is C21H27NO2. The molecule has 0 unspecified atom stereocenters. The second-order valence-electron chi connectivity index (χ2n) is 8.02. The smallest absolute Gasteiger partial charge is 0.225 e. The molecule has 0 aromatic heterocycles. The minimum absolute atomic E-state index is 0.0582. The zero-order valence-electron chi connectivity index (χ0n) is 15.0. The quantitative estimate of drug-likeness (QED) is 0.788. The van der Waals surface area contributed by atoms with E-state index in [1.54, 1.807) is 7.11 Å². The first kappa shape index (κ1) is 15.7. The molecule has 4 rings (SSSR count). The van der Waals surface area contributed by atoms with Crippen LogP contribution in [0.3, 0.4) is 0 Å². The first-order chi connectivity index (χ1) is 11.5. The molecule has 24 heavy (non-hydrogen) atoms. The Morgan fingerprint density at radius 2 is 2.04 bits per heavy atom. The summed E-state index contributed by atoms with van der Waals surface area (Å²) in [5, 5.41) is 0. The molecule has 3 aliphatic rings. The number of allylic oxidation sites excluding steroid dienone is 2. The molecule has 0 radical (unpaired) electrons. The lowest BCUT2D eigenvalue weighted by molar-refractivity contribution is -0.131. The minimum Gasteiger partial charge on any atom is -0.497 e. The number of ether oxygens (including phenoxy) is 1. The number of likely N-dealkylation sites (tertiary alicyclic amines) is 1. The van der Waals surface area contributed by atoms with E-state index in [9.17, 15) is 4.79 Å². The molecule has 128 valence electrons. The highest BCUT2D eigenvalue weighted by Gasteiger charge is 2.52. The SMILES string of the molecule is COc1cccc([C@]23CC(C)=C(C)C[C@@H]2CN(C(=O)C2CC2)C3)c1. The number of rotatable bonds is 3. The van der Waals surface area contributed by atoms with Gasteiger partial charge in [0.1, 0.15) is 5.75 Å². The first-order valence-corrected chi connectivity index (χ1v) is 9.12. The Balaban J connectivity index is 1.73. The predicted octanol–water partition coefficient (Wildman–Crippen LogP) is 3.93. The summed E-state index contributed by atoms with van der Waals surface area (Å²) in [6, 6.07) is 8.51. The van der Waals surface area contributed by atoms with Gasteiger partial charge in [-0.2, -0.15) is 0 Å². The maximum atomic E-state index is 12.7. The Kier molecular flexibility index (Phi) is 3.70. The van der Waals surface area contributed by atoms with Crippen LogP contribution in [0.2, 0.25) is 0 Å². The molecule has 2 fully saturated rings. The zero-order valence-corrected chi connectivity index (χ0v) is 15.0. The van der Waals surface area contributed by atoms with Crippen molar-refractivity contribution < 1.29 is 9.53 Å². The third-order valence-electron chi connectivity index (χ3n) is 6.44. The van der Waals surface area contributed by atoms with Crippen molar-refractivity contribution in [2.24, 2.45) is 11.8 Å². The van der Waals surface area contributed by atoms with E-state index in [1.165, 1.54) is 16.7 Å². The van der Waals surface area contributed by atoms with Crippen LogP contribution in [0.4, 0.5) is 0 Å². The lowest BCUT2D eigenvalue weighted by atomic mass is 9.63. The van der Waals surface area contributed by atoms with Gasteiger partial charge < -0.3 is 9.64 Å². The maximum absolute atomic E-state index is 12.7. The van der Waals surface area contributed by atoms with Gasteiger partial charge in [-0.05, 0) is 63.1 Å². The van der Waals surface area contributed by atoms with Gasteiger partial charge in [0.2, 0.25) is 5.91 Å². The molecule has 1 saturated carbocycles. The molecule has 2 atom stereocenters. The van der Waals surface area contributed by atoms with E-state index in [2.05, 4.69) is 36.9 Å². The van der Waals surface area contributed by atoms with Gasteiger partial charge in [0, 0.05) is 24.4 Å². The summed E-state index contributed by atoms with van der Waals surface area (Å²) < 4.78 is 5.47. The predicted molar refractivity (Wildman–Crippen MR) is 95.1 cm³/mol. The largest absolute Gasteiger partial charge is 0.497 e. The Morgan fingerprint density at radius 1 is 1.25 bits per heavy atom. The number of hydrogen-bond acceptors (Lipinski definition) is 2. The van der Waals surface area contributed by atoms with Gasteiger partial charge >= 0.3 is 0 Å². The van der Waals surface area contributed by atoms with Crippen molar-refractivity contribution in [3.63, 3.8) is 0 Å². The average Bonchev–Trinajstić information content (AvgIpc) is 3.37. The fraction of sp³-hybridized carbons (Fsp3) is 0.571. The van der Waals surface area contributed by atoms with E-state index >= 15 is 0 Å². The lowest BCUT2D eigenvalue weighted by Crippen LogP contribution is -2.39. The van der Waals surface area contributed by atoms with Crippen LogP contribution in [0.25, 0.3) is 0 Å². The normalized spacial score (nSPS) is 29.6. The molecule has 0 N–H and O–H groups in total. The van der Waals surface area contributed by atoms with Crippen LogP contribution < -0.4 is 4.74 Å². The Morgan fingerprint density at radius 3 is 2.75 bits per heavy atom. The molecule has 0 bridgehead atoms. The summed E-state index contributed by atoms with van der Waals surface area (Å²) >= 11 is 0. The summed E-state index contributed by atoms with van der Waals surface area (Å²) in [5.74, 6) is 2.14. The Hall–Kier alpha value is -1.77. The number of methoxy groups -OCH3 is 1. The van der Waals surface area contributed by atoms with Crippen LogP contribution >= 0.6 is 0 Å². The molecule has 0 spiro atoms. The number of carbonyl (C=O) groups excluding carboxylic acids is 1. The highest BCUT2D eigenvalue weighted by atomic mass is 16.5. The van der Waals surface area contributed by atoms with Crippen LogP contribution in [0.1, 0.15) is 45.1 Å². The summed E-state index contributed by atoms with van der Waals surface area (Å²) in [5.41, 5.74) is 4.40. The van der Waals surface area contributed by atoms with E-state index in [1.807, 2.05) is 6.07 Å². The van der Waals surface area contributed by atoms with Gasteiger partial charge in [0.05, 0.1) is 7.11 Å². The highest BCUT2D eigenvalue weighted by molar-refractivity contribution is 5.81. The molecule has 3 heteroatoms. The number of benzene rings is 1. The van der Waals surface area contributed by atoms with Crippen LogP contribution in [0.5, 0.6) is 5.75 Å². The Bertz CT molecular complexity index is 704. The molecule has 1 aliphatic heterocycles. The molecule has 3 nitrogen and oxygen atoms in total. The molecule has 2 aliphatic carbocycles. The van der Waals surface area contributed by atoms with Crippen molar-refractivity contribution >= 4 is 5.91 Å². The average molecular weight is 325 g/mol. The van der Waals surface area contributed by atoms with Crippen LogP contribution in [-0.4, -0.2) is 31.0 Å². The minimum atomic E-state index is 0.0582. The number of amides is 1. The molecule has 1 amide bonds. The van der Waals surface area contributed by atoms with Crippen molar-refractivity contribution in [1.82, 2.24) is 4.90 Å². The summed E-state index contributed by atoms with van der Waals surface area (Å²) in [7, 11) is 1.72. The van der Waals surface area contributed by atoms with Crippen LogP contribution in [0, 0.1) is 11.8 Å². The van der Waals surface area contributed by atoms with E-state index in [0.717, 1.165) is 44.5 Å². The summed E-state index contributed by atoms with van der Waals surface area (Å²) in [6.07, 6.45) is 4.34. The second kappa shape index (κ2) is 5.65. The van der Waals surface area contributed by atoms with Crippen molar-refractivity contribution in [3.05, 3.63) is 41.0 Å². The monoisotopic (exact) mass is 325 g/mol. The number of hydrogen-bond donors (Lipinski definition) is 0. The van der Waals surface area contributed by atoms with E-state index in [0.29, 0.717) is 17.7 Å². The van der Waals surface area contributed by atoms with Gasteiger partial charge in [0.25, 0.3) is 0 Å². The third kappa shape index (κ3) is 2.45. The van der Waals surface area contributed by atoms with Gasteiger partial charge in [-0.15, -0.1) is 0 Å². The molecule has 1 aromatic carbocycles. The van der Waals surface area contributed by atoms with E-state index in [4.69, 9.17) is 4.74 Å². The number of nitrogens with zero attached hydrogens (tertiary/aromatic N) is 1. The van der Waals surface area contributed by atoms with Crippen molar-refractivity contribution in [3.8, 4) is 5.75 Å². The molecule has 1 aromatic rings. The number of fused-ring (bicyclic) bond motifs is 1. The van der Waals surface area contributed by atoms with Gasteiger partial charge in [0.15, 0.2) is 0 Å². The van der Waals surface area contributed by atoms with Gasteiger partial charge in [-0.3, -0.25) is 4.79 Å². The number of carbonyl (C=O) groups is 1. The van der Waals surface area contributed by atoms with Crippen molar-refractivity contribution in [2.75, 3.05) is 20.2 Å². The summed E-state index contributed by atoms with van der Waals surface area (Å²) in [6.45, 7) is 6.30. The second-order valence-corrected chi connectivity index (χ2v) is 8.02. The van der Waals surface area contributed by atoms with Crippen LogP contribution in [-0.2, 0) is 10.2 Å². The molecule has 1 heterocycles. The maximum Gasteiger partial charge on any atom is 0.225 e. The van der Waals surface area contributed by atoms with Gasteiger partial charge in [-0.1, -0.05) is 23.3 Å². The van der Waals surface area contributed by atoms with E-state index in [-0.39, 0.29) is 5.41 Å². The third-order valence-corrected chi connectivity index (χ3v) is 6.44. The fourth-order valence-corrected chi connectivity index (χ4v) is 4.72. The highest BCUT2D eigenvalue weighted by Crippen LogP contribution is 2.51. The first-order valence-electron chi connectivity index (χ1n) is 9.12. The van der Waals surface area contributed by atoms with Crippen molar-refractivity contribution in [1.29, 1.82) is 0 Å². The fourth-order valence-electron chi connectivity index (χ4n) is 4.72. The Labute approximate surface area is 144 Å². The van der Waals surface area contributed by atoms with Crippen molar-refractivity contribution in [2.45, 2.75) is 44.9 Å². The standard InChI is InChI=1S/C21H27NO2/c1-14-9-18-12-22(20(23)16-7-8-16)13-21(18,11-15(14)2)17-5-4-6-19(10-17)24-3/h4-6,10,16,18H,7-9,11-13H2,1-3H3/t18-,21-/m1/s1. The van der Waals surface area contributed by atoms with Gasteiger partial charge in [-0.25, -0.2) is 0 Å². The molecule has 1 saturated heterocycles. The molecular weight excluding hydrogens is 298 g/mol. The summed E-state index contributed by atoms with van der Waals surface area (Å²) in [4.78, 5) is 14.9. The zero-order chi connectivity index (χ0) is 16.9. The van der Waals surface area contributed by atoms with E-state index < -0.39 is 0 Å².